The molecule has 1 atom stereocenters. The van der Waals surface area contributed by atoms with Gasteiger partial charge in [0.2, 0.25) is 11.8 Å². The monoisotopic (exact) mass is 395 g/mol. The second-order valence-electron chi connectivity index (χ2n) is 8.17. The van der Waals surface area contributed by atoms with Crippen LogP contribution in [-0.4, -0.2) is 23.3 Å². The first-order valence-corrected chi connectivity index (χ1v) is 9.60. The number of nitrogens with one attached hydrogen (secondary N) is 3. The fraction of sp³-hybridized carbons (Fsp3) is 0.348. The van der Waals surface area contributed by atoms with Crippen molar-refractivity contribution in [1.82, 2.24) is 10.6 Å². The minimum Gasteiger partial charge on any atom is -0.349 e. The van der Waals surface area contributed by atoms with Crippen molar-refractivity contribution in [3.05, 3.63) is 65.2 Å². The molecule has 0 saturated carbocycles. The van der Waals surface area contributed by atoms with Gasteiger partial charge in [0.05, 0.1) is 23.7 Å². The maximum Gasteiger partial charge on any atom is 0.253 e. The molecule has 6 heteroatoms. The SMILES string of the molecule is CC(=O)NC(CC(=O)Nc1ccccc1C(=O)NC(C)(C)C)c1ccc(C)cc1. The molecule has 0 aliphatic heterocycles. The number of hydrogen-bond acceptors (Lipinski definition) is 3. The predicted octanol–water partition coefficient (Wildman–Crippen LogP) is 3.73. The van der Waals surface area contributed by atoms with E-state index in [4.69, 9.17) is 0 Å². The average molecular weight is 396 g/mol. The minimum atomic E-state index is -0.455. The number of benzene rings is 2. The number of aryl methyl sites for hydroxylation is 1. The molecule has 29 heavy (non-hydrogen) atoms. The third kappa shape index (κ3) is 7.07. The normalized spacial score (nSPS) is 12.0. The fourth-order valence-corrected chi connectivity index (χ4v) is 2.88. The molecule has 154 valence electrons. The van der Waals surface area contributed by atoms with Crippen LogP contribution >= 0.6 is 0 Å². The van der Waals surface area contributed by atoms with Gasteiger partial charge in [0.25, 0.3) is 5.91 Å². The van der Waals surface area contributed by atoms with Crippen LogP contribution < -0.4 is 16.0 Å². The van der Waals surface area contributed by atoms with Gasteiger partial charge in [-0.05, 0) is 45.4 Å². The van der Waals surface area contributed by atoms with Crippen LogP contribution in [0.25, 0.3) is 0 Å². The van der Waals surface area contributed by atoms with Gasteiger partial charge in [-0.15, -0.1) is 0 Å². The summed E-state index contributed by atoms with van der Waals surface area (Å²) in [6.45, 7) is 9.08. The van der Waals surface area contributed by atoms with E-state index in [1.54, 1.807) is 24.3 Å². The van der Waals surface area contributed by atoms with Crippen molar-refractivity contribution in [1.29, 1.82) is 0 Å². The van der Waals surface area contributed by atoms with E-state index in [0.717, 1.165) is 11.1 Å². The smallest absolute Gasteiger partial charge is 0.253 e. The summed E-state index contributed by atoms with van der Waals surface area (Å²) >= 11 is 0. The van der Waals surface area contributed by atoms with Crippen molar-refractivity contribution in [2.24, 2.45) is 0 Å². The van der Waals surface area contributed by atoms with Crippen LogP contribution in [-0.2, 0) is 9.59 Å². The molecule has 0 aromatic heterocycles. The Morgan fingerprint density at radius 2 is 1.59 bits per heavy atom. The standard InChI is InChI=1S/C23H29N3O3/c1-15-10-12-17(13-11-15)20(24-16(2)27)14-21(28)25-19-9-7-6-8-18(19)22(29)26-23(3,4)5/h6-13,20H,14H2,1-5H3,(H,24,27)(H,25,28)(H,26,29). The highest BCUT2D eigenvalue weighted by Crippen LogP contribution is 2.21. The van der Waals surface area contributed by atoms with E-state index in [2.05, 4.69) is 16.0 Å². The Labute approximate surface area is 172 Å². The molecule has 0 fully saturated rings. The number of carbonyl (C=O) groups excluding carboxylic acids is 3. The summed E-state index contributed by atoms with van der Waals surface area (Å²) in [4.78, 5) is 36.9. The van der Waals surface area contributed by atoms with Gasteiger partial charge in [0.1, 0.15) is 0 Å². The van der Waals surface area contributed by atoms with Crippen molar-refractivity contribution in [3.8, 4) is 0 Å². The summed E-state index contributed by atoms with van der Waals surface area (Å²) in [7, 11) is 0. The van der Waals surface area contributed by atoms with E-state index < -0.39 is 11.6 Å². The summed E-state index contributed by atoms with van der Waals surface area (Å²) in [5.41, 5.74) is 2.38. The van der Waals surface area contributed by atoms with Gasteiger partial charge >= 0.3 is 0 Å². The molecule has 0 heterocycles. The Morgan fingerprint density at radius 1 is 0.966 bits per heavy atom. The van der Waals surface area contributed by atoms with E-state index in [0.29, 0.717) is 11.3 Å². The lowest BCUT2D eigenvalue weighted by atomic mass is 10.0. The minimum absolute atomic E-state index is 0.0534. The first-order chi connectivity index (χ1) is 13.5. The molecular weight excluding hydrogens is 366 g/mol. The number of anilines is 1. The van der Waals surface area contributed by atoms with Crippen molar-refractivity contribution >= 4 is 23.4 Å². The van der Waals surface area contributed by atoms with E-state index in [1.165, 1.54) is 6.92 Å². The number of hydrogen-bond donors (Lipinski definition) is 3. The molecular formula is C23H29N3O3. The number of para-hydroxylation sites is 1. The fourth-order valence-electron chi connectivity index (χ4n) is 2.88. The van der Waals surface area contributed by atoms with Gasteiger partial charge in [-0.25, -0.2) is 0 Å². The highest BCUT2D eigenvalue weighted by molar-refractivity contribution is 6.04. The maximum absolute atomic E-state index is 12.7. The van der Waals surface area contributed by atoms with E-state index in [9.17, 15) is 14.4 Å². The van der Waals surface area contributed by atoms with Crippen LogP contribution in [0.2, 0.25) is 0 Å². The molecule has 2 rings (SSSR count). The van der Waals surface area contributed by atoms with E-state index in [1.807, 2.05) is 52.0 Å². The zero-order valence-corrected chi connectivity index (χ0v) is 17.6. The van der Waals surface area contributed by atoms with E-state index in [-0.39, 0.29) is 24.1 Å². The molecule has 0 radical (unpaired) electrons. The zero-order chi connectivity index (χ0) is 21.6. The van der Waals surface area contributed by atoms with Crippen molar-refractivity contribution in [2.45, 2.75) is 52.6 Å². The molecule has 2 aromatic rings. The van der Waals surface area contributed by atoms with Gasteiger partial charge in [-0.1, -0.05) is 42.0 Å². The molecule has 1 unspecified atom stereocenters. The first-order valence-electron chi connectivity index (χ1n) is 9.60. The van der Waals surface area contributed by atoms with Gasteiger partial charge in [0.15, 0.2) is 0 Å². The molecule has 6 nitrogen and oxygen atoms in total. The molecule has 0 bridgehead atoms. The van der Waals surface area contributed by atoms with Crippen LogP contribution in [0.3, 0.4) is 0 Å². The molecule has 2 aromatic carbocycles. The lowest BCUT2D eigenvalue weighted by Gasteiger charge is -2.22. The number of carbonyl (C=O) groups is 3. The summed E-state index contributed by atoms with van der Waals surface area (Å²) in [6, 6.07) is 14.1. The predicted molar refractivity (Wildman–Crippen MR) is 115 cm³/mol. The second-order valence-corrected chi connectivity index (χ2v) is 8.17. The lowest BCUT2D eigenvalue weighted by molar-refractivity contribution is -0.120. The van der Waals surface area contributed by atoms with Crippen molar-refractivity contribution < 1.29 is 14.4 Å². The summed E-state index contributed by atoms with van der Waals surface area (Å²) < 4.78 is 0. The lowest BCUT2D eigenvalue weighted by Crippen LogP contribution is -2.41. The largest absolute Gasteiger partial charge is 0.349 e. The molecule has 3 N–H and O–H groups in total. The van der Waals surface area contributed by atoms with Crippen molar-refractivity contribution in [2.75, 3.05) is 5.32 Å². The third-order valence-electron chi connectivity index (χ3n) is 4.18. The second kappa shape index (κ2) is 9.37. The Balaban J connectivity index is 2.17. The molecule has 0 aliphatic carbocycles. The first kappa shape index (κ1) is 22.1. The van der Waals surface area contributed by atoms with Crippen LogP contribution in [0.15, 0.2) is 48.5 Å². The quantitative estimate of drug-likeness (QED) is 0.696. The van der Waals surface area contributed by atoms with Gasteiger partial charge in [0, 0.05) is 12.5 Å². The van der Waals surface area contributed by atoms with Gasteiger partial charge in [-0.2, -0.15) is 0 Å². The molecule has 0 saturated heterocycles. The Bertz CT molecular complexity index is 883. The highest BCUT2D eigenvalue weighted by atomic mass is 16.2. The van der Waals surface area contributed by atoms with Gasteiger partial charge < -0.3 is 16.0 Å². The van der Waals surface area contributed by atoms with Crippen LogP contribution in [0, 0.1) is 6.92 Å². The highest BCUT2D eigenvalue weighted by Gasteiger charge is 2.21. The van der Waals surface area contributed by atoms with Crippen LogP contribution in [0.1, 0.15) is 61.6 Å². The van der Waals surface area contributed by atoms with E-state index >= 15 is 0 Å². The third-order valence-corrected chi connectivity index (χ3v) is 4.18. The van der Waals surface area contributed by atoms with Crippen LogP contribution in [0.4, 0.5) is 5.69 Å². The Hall–Kier alpha value is -3.15. The van der Waals surface area contributed by atoms with Gasteiger partial charge in [-0.3, -0.25) is 14.4 Å². The summed E-state index contributed by atoms with van der Waals surface area (Å²) in [5.74, 6) is -0.765. The molecule has 3 amide bonds. The molecule has 0 aliphatic rings. The van der Waals surface area contributed by atoms with Crippen molar-refractivity contribution in [3.63, 3.8) is 0 Å². The topological polar surface area (TPSA) is 87.3 Å². The molecule has 0 spiro atoms. The Kier molecular flexibility index (Phi) is 7.15. The Morgan fingerprint density at radius 3 is 2.17 bits per heavy atom. The summed E-state index contributed by atoms with van der Waals surface area (Å²) in [5, 5.41) is 8.53. The maximum atomic E-state index is 12.7. The van der Waals surface area contributed by atoms with Crippen LogP contribution in [0.5, 0.6) is 0 Å². The average Bonchev–Trinajstić information content (AvgIpc) is 2.60. The number of rotatable bonds is 6. The summed E-state index contributed by atoms with van der Waals surface area (Å²) in [6.07, 6.45) is 0.0534. The number of amides is 3. The zero-order valence-electron chi connectivity index (χ0n) is 17.6.